The molecule has 3 aromatic rings. The summed E-state index contributed by atoms with van der Waals surface area (Å²) in [6.45, 7) is 2.42. The van der Waals surface area contributed by atoms with E-state index in [1.54, 1.807) is 18.4 Å². The minimum Gasteiger partial charge on any atom is -0.468 e. The third-order valence-electron chi connectivity index (χ3n) is 5.16. The van der Waals surface area contributed by atoms with E-state index in [4.69, 9.17) is 4.42 Å². The number of piperidine rings is 1. The molecule has 1 atom stereocenters. The van der Waals surface area contributed by atoms with Crippen molar-refractivity contribution < 1.29 is 9.21 Å². The molecule has 3 heterocycles. The first kappa shape index (κ1) is 17.5. The topological polar surface area (TPSA) is 78.3 Å². The van der Waals surface area contributed by atoms with Crippen LogP contribution in [0.2, 0.25) is 0 Å². The Labute approximate surface area is 157 Å². The fraction of sp³-hybridized carbons (Fsp3) is 0.333. The van der Waals surface area contributed by atoms with Crippen molar-refractivity contribution in [3.8, 4) is 0 Å². The van der Waals surface area contributed by atoms with Gasteiger partial charge in [-0.1, -0.05) is 24.6 Å². The molecule has 0 radical (unpaired) electrons. The number of H-pyrrole nitrogens is 1. The molecule has 0 aliphatic carbocycles. The first-order valence-corrected chi connectivity index (χ1v) is 9.40. The number of nitrogens with one attached hydrogen (secondary N) is 2. The van der Waals surface area contributed by atoms with Gasteiger partial charge in [0.25, 0.3) is 11.5 Å². The molecule has 1 saturated heterocycles. The Bertz CT molecular complexity index is 972. The lowest BCUT2D eigenvalue weighted by Gasteiger charge is -2.33. The van der Waals surface area contributed by atoms with Crippen LogP contribution in [0.3, 0.4) is 0 Å². The minimum atomic E-state index is -0.286. The molecule has 1 aliphatic heterocycles. The Morgan fingerprint density at radius 2 is 1.96 bits per heavy atom. The number of aromatic nitrogens is 1. The van der Waals surface area contributed by atoms with E-state index in [-0.39, 0.29) is 23.2 Å². The number of benzene rings is 1. The number of carbonyl (C=O) groups is 1. The van der Waals surface area contributed by atoms with E-state index in [0.717, 1.165) is 37.1 Å². The van der Waals surface area contributed by atoms with Gasteiger partial charge in [-0.15, -0.1) is 0 Å². The second kappa shape index (κ2) is 7.80. The third-order valence-corrected chi connectivity index (χ3v) is 5.16. The van der Waals surface area contributed by atoms with E-state index in [1.165, 1.54) is 6.42 Å². The summed E-state index contributed by atoms with van der Waals surface area (Å²) in [4.78, 5) is 29.9. The molecule has 140 valence electrons. The first-order chi connectivity index (χ1) is 13.2. The van der Waals surface area contributed by atoms with E-state index < -0.39 is 0 Å². The predicted molar refractivity (Wildman–Crippen MR) is 104 cm³/mol. The number of aromatic amines is 1. The minimum absolute atomic E-state index is 0.00331. The molecule has 27 heavy (non-hydrogen) atoms. The third kappa shape index (κ3) is 3.80. The normalized spacial score (nSPS) is 16.3. The number of carbonyl (C=O) groups excluding carboxylic acids is 1. The number of hydrogen-bond acceptors (Lipinski definition) is 4. The number of furan rings is 1. The summed E-state index contributed by atoms with van der Waals surface area (Å²) < 4.78 is 5.61. The van der Waals surface area contributed by atoms with Crippen molar-refractivity contribution in [2.75, 3.05) is 19.6 Å². The van der Waals surface area contributed by atoms with Gasteiger partial charge in [-0.3, -0.25) is 14.5 Å². The Kier molecular flexibility index (Phi) is 5.07. The van der Waals surface area contributed by atoms with Gasteiger partial charge in [0.2, 0.25) is 0 Å². The number of hydrogen-bond donors (Lipinski definition) is 2. The van der Waals surface area contributed by atoms with Crippen LogP contribution < -0.4 is 10.9 Å². The van der Waals surface area contributed by atoms with E-state index >= 15 is 0 Å². The van der Waals surface area contributed by atoms with Crippen molar-refractivity contribution in [1.29, 1.82) is 0 Å². The molecular weight excluding hydrogens is 342 g/mol. The van der Waals surface area contributed by atoms with E-state index in [2.05, 4.69) is 15.2 Å². The highest BCUT2D eigenvalue weighted by Gasteiger charge is 2.25. The number of rotatable bonds is 5. The number of fused-ring (bicyclic) bond motifs is 1. The number of likely N-dealkylation sites (tertiary alicyclic amines) is 1. The number of pyridine rings is 1. The summed E-state index contributed by atoms with van der Waals surface area (Å²) in [7, 11) is 0. The fourth-order valence-electron chi connectivity index (χ4n) is 3.74. The maximum absolute atomic E-state index is 12.7. The Hall–Kier alpha value is -2.86. The van der Waals surface area contributed by atoms with Crippen LogP contribution in [0.1, 0.15) is 41.6 Å². The van der Waals surface area contributed by atoms with Crippen LogP contribution in [0, 0.1) is 0 Å². The van der Waals surface area contributed by atoms with Gasteiger partial charge in [-0.2, -0.15) is 0 Å². The molecule has 4 rings (SSSR count). The lowest BCUT2D eigenvalue weighted by atomic mass is 10.1. The standard InChI is InChI=1S/C21H23N3O3/c25-20-16-8-3-2-7-15(16)13-17(23-20)21(26)22-14-18(19-9-6-12-27-19)24-10-4-1-5-11-24/h2-3,6-9,12-13,18H,1,4-5,10-11,14H2,(H,22,26)(H,23,25). The highest BCUT2D eigenvalue weighted by Crippen LogP contribution is 2.24. The molecule has 6 nitrogen and oxygen atoms in total. The largest absolute Gasteiger partial charge is 0.468 e. The molecular formula is C21H23N3O3. The van der Waals surface area contributed by atoms with E-state index in [9.17, 15) is 9.59 Å². The maximum atomic E-state index is 12.7. The molecule has 1 aliphatic rings. The Morgan fingerprint density at radius 1 is 1.15 bits per heavy atom. The molecule has 1 amide bonds. The van der Waals surface area contributed by atoms with Crippen molar-refractivity contribution in [3.05, 3.63) is 70.5 Å². The average molecular weight is 365 g/mol. The lowest BCUT2D eigenvalue weighted by Crippen LogP contribution is -2.40. The second-order valence-electron chi connectivity index (χ2n) is 6.94. The SMILES string of the molecule is O=C(NCC(c1ccco1)N1CCCCC1)c1cc2ccccc2c(=O)[nH]1. The summed E-state index contributed by atoms with van der Waals surface area (Å²) in [5.74, 6) is 0.565. The zero-order chi connectivity index (χ0) is 18.6. The van der Waals surface area contributed by atoms with Crippen LogP contribution in [0.15, 0.2) is 57.9 Å². The second-order valence-corrected chi connectivity index (χ2v) is 6.94. The van der Waals surface area contributed by atoms with Crippen LogP contribution in [-0.2, 0) is 0 Å². The lowest BCUT2D eigenvalue weighted by molar-refractivity contribution is 0.0909. The zero-order valence-electron chi connectivity index (χ0n) is 15.1. The van der Waals surface area contributed by atoms with Crippen molar-refractivity contribution in [2.24, 2.45) is 0 Å². The van der Waals surface area contributed by atoms with Gasteiger partial charge in [-0.25, -0.2) is 0 Å². The molecule has 2 N–H and O–H groups in total. The van der Waals surface area contributed by atoms with Crippen molar-refractivity contribution >= 4 is 16.7 Å². The average Bonchev–Trinajstić information content (AvgIpc) is 3.23. The smallest absolute Gasteiger partial charge is 0.267 e. The summed E-state index contributed by atoms with van der Waals surface area (Å²) >= 11 is 0. The molecule has 6 heteroatoms. The van der Waals surface area contributed by atoms with E-state index in [1.807, 2.05) is 30.3 Å². The van der Waals surface area contributed by atoms with Crippen LogP contribution in [0.4, 0.5) is 0 Å². The zero-order valence-corrected chi connectivity index (χ0v) is 15.1. The van der Waals surface area contributed by atoms with Crippen LogP contribution in [0.25, 0.3) is 10.8 Å². The highest BCUT2D eigenvalue weighted by atomic mass is 16.3. The van der Waals surface area contributed by atoms with Crippen LogP contribution in [0.5, 0.6) is 0 Å². The van der Waals surface area contributed by atoms with Gasteiger partial charge in [0.1, 0.15) is 11.5 Å². The summed E-state index contributed by atoms with van der Waals surface area (Å²) in [6.07, 6.45) is 5.22. The van der Waals surface area contributed by atoms with Crippen molar-refractivity contribution in [1.82, 2.24) is 15.2 Å². The molecule has 1 aromatic carbocycles. The molecule has 1 fully saturated rings. The molecule has 0 saturated carbocycles. The highest BCUT2D eigenvalue weighted by molar-refractivity contribution is 5.96. The van der Waals surface area contributed by atoms with E-state index in [0.29, 0.717) is 11.9 Å². The van der Waals surface area contributed by atoms with Gasteiger partial charge in [0, 0.05) is 11.9 Å². The maximum Gasteiger partial charge on any atom is 0.267 e. The Balaban J connectivity index is 1.52. The van der Waals surface area contributed by atoms with Crippen molar-refractivity contribution in [2.45, 2.75) is 25.3 Å². The summed E-state index contributed by atoms with van der Waals surface area (Å²) in [5, 5.41) is 4.30. The fourth-order valence-corrected chi connectivity index (χ4v) is 3.74. The van der Waals surface area contributed by atoms with Crippen molar-refractivity contribution in [3.63, 3.8) is 0 Å². The Morgan fingerprint density at radius 3 is 2.74 bits per heavy atom. The first-order valence-electron chi connectivity index (χ1n) is 9.40. The quantitative estimate of drug-likeness (QED) is 0.728. The molecule has 0 spiro atoms. The van der Waals surface area contributed by atoms with Gasteiger partial charge in [-0.05, 0) is 55.6 Å². The number of nitrogens with zero attached hydrogens (tertiary/aromatic N) is 1. The summed E-state index contributed by atoms with van der Waals surface area (Å²) in [6, 6.07) is 12.8. The van der Waals surface area contributed by atoms with Crippen LogP contribution >= 0.6 is 0 Å². The van der Waals surface area contributed by atoms with Gasteiger partial charge < -0.3 is 14.7 Å². The van der Waals surface area contributed by atoms with Gasteiger partial charge in [0.05, 0.1) is 12.3 Å². The molecule has 0 bridgehead atoms. The molecule has 1 unspecified atom stereocenters. The summed E-state index contributed by atoms with van der Waals surface area (Å²) in [5.41, 5.74) is 0.0207. The van der Waals surface area contributed by atoms with Gasteiger partial charge >= 0.3 is 0 Å². The molecule has 2 aromatic heterocycles. The predicted octanol–water partition coefficient (Wildman–Crippen LogP) is 3.08. The number of amides is 1. The monoisotopic (exact) mass is 365 g/mol. The van der Waals surface area contributed by atoms with Gasteiger partial charge in [0.15, 0.2) is 0 Å². The van der Waals surface area contributed by atoms with Crippen LogP contribution in [-0.4, -0.2) is 35.4 Å².